The summed E-state index contributed by atoms with van der Waals surface area (Å²) in [7, 11) is 0. The number of benzene rings is 2. The second-order valence-corrected chi connectivity index (χ2v) is 11.7. The molecule has 0 radical (unpaired) electrons. The lowest BCUT2D eigenvalue weighted by atomic mass is 9.97. The van der Waals surface area contributed by atoms with Crippen LogP contribution in [-0.4, -0.2) is 35.6 Å². The molecule has 1 heterocycles. The van der Waals surface area contributed by atoms with E-state index in [0.717, 1.165) is 54.2 Å². The Morgan fingerprint density at radius 1 is 1.02 bits per heavy atom. The zero-order valence-electron chi connectivity index (χ0n) is 23.6. The number of anilines is 1. The lowest BCUT2D eigenvalue weighted by Crippen LogP contribution is -2.48. The van der Waals surface area contributed by atoms with E-state index in [0.29, 0.717) is 17.1 Å². The van der Waals surface area contributed by atoms with Gasteiger partial charge in [-0.1, -0.05) is 31.2 Å². The first-order valence-corrected chi connectivity index (χ1v) is 15.1. The summed E-state index contributed by atoms with van der Waals surface area (Å²) < 4.78 is 27.7. The average Bonchev–Trinajstić information content (AvgIpc) is 3.32. The van der Waals surface area contributed by atoms with Gasteiger partial charge in [0.2, 0.25) is 11.8 Å². The summed E-state index contributed by atoms with van der Waals surface area (Å²) in [6.07, 6.45) is 3.31. The molecule has 222 valence electrons. The van der Waals surface area contributed by atoms with Gasteiger partial charge in [0, 0.05) is 36.9 Å². The Morgan fingerprint density at radius 2 is 1.74 bits per heavy atom. The molecule has 1 aromatic heterocycles. The van der Waals surface area contributed by atoms with E-state index in [1.54, 1.807) is 0 Å². The van der Waals surface area contributed by atoms with Gasteiger partial charge in [0.25, 0.3) is 0 Å². The molecule has 42 heavy (non-hydrogen) atoms. The number of halogens is 2. The van der Waals surface area contributed by atoms with Crippen LogP contribution in [0.15, 0.2) is 42.5 Å². The normalized spacial score (nSPS) is 14.0. The highest BCUT2D eigenvalue weighted by atomic mass is 32.1. The van der Waals surface area contributed by atoms with Crippen LogP contribution in [0.3, 0.4) is 0 Å². The Bertz CT molecular complexity index is 1430. The number of hydrogen-bond donors (Lipinski definition) is 4. The molecule has 0 saturated carbocycles. The maximum Gasteiger partial charge on any atom is 0.224 e. The topological polar surface area (TPSA) is 114 Å². The minimum Gasteiger partial charge on any atom is -0.390 e. The van der Waals surface area contributed by atoms with Crippen LogP contribution in [0.5, 0.6) is 0 Å². The first-order valence-electron chi connectivity index (χ1n) is 14.3. The van der Waals surface area contributed by atoms with Gasteiger partial charge in [0.1, 0.15) is 22.6 Å². The predicted molar refractivity (Wildman–Crippen MR) is 159 cm³/mol. The van der Waals surface area contributed by atoms with Crippen molar-refractivity contribution in [2.75, 3.05) is 11.9 Å². The van der Waals surface area contributed by atoms with Gasteiger partial charge in [0.05, 0.1) is 17.8 Å². The highest BCUT2D eigenvalue weighted by Crippen LogP contribution is 2.38. The van der Waals surface area contributed by atoms with E-state index >= 15 is 0 Å². The number of aliphatic hydroxyl groups is 1. The van der Waals surface area contributed by atoms with Crippen molar-refractivity contribution in [1.82, 2.24) is 10.6 Å². The third kappa shape index (κ3) is 8.68. The Hall–Kier alpha value is -3.65. The van der Waals surface area contributed by atoms with E-state index in [2.05, 4.69) is 35.0 Å². The molecule has 0 fully saturated rings. The number of rotatable bonds is 13. The van der Waals surface area contributed by atoms with Gasteiger partial charge in [-0.15, -0.1) is 11.3 Å². The third-order valence-electron chi connectivity index (χ3n) is 7.39. The number of hydrogen-bond acceptors (Lipinski definition) is 6. The molecule has 0 saturated heterocycles. The lowest BCUT2D eigenvalue weighted by molar-refractivity contribution is -0.125. The van der Waals surface area contributed by atoms with Crippen molar-refractivity contribution in [2.45, 2.75) is 77.0 Å². The Morgan fingerprint density at radius 3 is 2.48 bits per heavy atom. The van der Waals surface area contributed by atoms with Gasteiger partial charge in [-0.05, 0) is 72.9 Å². The lowest BCUT2D eigenvalue weighted by Gasteiger charge is -2.25. The number of aliphatic hydroxyl groups excluding tert-OH is 1. The number of nitrogens with zero attached hydrogens (tertiary/aromatic N) is 1. The molecule has 4 rings (SSSR count). The monoisotopic (exact) mass is 594 g/mol. The van der Waals surface area contributed by atoms with Crippen LogP contribution in [0.2, 0.25) is 0 Å². The van der Waals surface area contributed by atoms with Gasteiger partial charge in [-0.25, -0.2) is 8.78 Å². The molecule has 2 aromatic carbocycles. The fourth-order valence-corrected chi connectivity index (χ4v) is 6.36. The number of fused-ring (bicyclic) bond motifs is 1. The molecule has 7 nitrogen and oxygen atoms in total. The molecule has 4 N–H and O–H groups in total. The predicted octanol–water partition coefficient (Wildman–Crippen LogP) is 4.94. The van der Waals surface area contributed by atoms with Crippen LogP contribution in [0.1, 0.15) is 64.6 Å². The van der Waals surface area contributed by atoms with Crippen molar-refractivity contribution in [3.05, 3.63) is 86.1 Å². The highest BCUT2D eigenvalue weighted by Gasteiger charge is 2.24. The number of nitrogens with one attached hydrogen (secondary N) is 3. The zero-order chi connectivity index (χ0) is 30.1. The molecule has 2 unspecified atom stereocenters. The van der Waals surface area contributed by atoms with E-state index in [1.807, 2.05) is 18.2 Å². The van der Waals surface area contributed by atoms with Gasteiger partial charge in [-0.3, -0.25) is 9.59 Å². The summed E-state index contributed by atoms with van der Waals surface area (Å²) in [5.41, 5.74) is 4.10. The largest absolute Gasteiger partial charge is 0.390 e. The minimum atomic E-state index is -1.07. The Balaban J connectivity index is 1.36. The van der Waals surface area contributed by atoms with Crippen molar-refractivity contribution in [3.63, 3.8) is 0 Å². The second kappa shape index (κ2) is 15.0. The number of thiophene rings is 1. The number of carbonyl (C=O) groups is 2. The van der Waals surface area contributed by atoms with E-state index in [-0.39, 0.29) is 37.3 Å². The van der Waals surface area contributed by atoms with Crippen LogP contribution in [0, 0.1) is 23.0 Å². The molecular formula is C32H36F2N4O3S. The molecule has 0 aliphatic heterocycles. The summed E-state index contributed by atoms with van der Waals surface area (Å²) in [5, 5.41) is 29.3. The summed E-state index contributed by atoms with van der Waals surface area (Å²) in [6, 6.07) is 12.5. The SMILES string of the molecule is CCc1cccc(CNCC(O)C(Cc2cc(F)cc(F)c2)NC(=O)CCC(=O)Nc2c(C#N)sc3c2CCCC3)c1. The quantitative estimate of drug-likeness (QED) is 0.224. The van der Waals surface area contributed by atoms with Crippen molar-refractivity contribution >= 4 is 28.8 Å². The van der Waals surface area contributed by atoms with Crippen molar-refractivity contribution in [2.24, 2.45) is 0 Å². The van der Waals surface area contributed by atoms with Crippen LogP contribution in [0.4, 0.5) is 14.5 Å². The van der Waals surface area contributed by atoms with Gasteiger partial charge in [-0.2, -0.15) is 5.26 Å². The molecule has 2 amide bonds. The molecule has 3 aromatic rings. The molecule has 0 spiro atoms. The van der Waals surface area contributed by atoms with Crippen molar-refractivity contribution < 1.29 is 23.5 Å². The van der Waals surface area contributed by atoms with Crippen LogP contribution in [-0.2, 0) is 41.8 Å². The number of carbonyl (C=O) groups excluding carboxylic acids is 2. The summed E-state index contributed by atoms with van der Waals surface area (Å²) in [4.78, 5) is 27.2. The average molecular weight is 595 g/mol. The van der Waals surface area contributed by atoms with E-state index < -0.39 is 29.7 Å². The summed E-state index contributed by atoms with van der Waals surface area (Å²) in [5.74, 6) is -2.35. The van der Waals surface area contributed by atoms with Gasteiger partial charge in [0.15, 0.2) is 0 Å². The zero-order valence-corrected chi connectivity index (χ0v) is 24.5. The molecular weight excluding hydrogens is 558 g/mol. The number of nitriles is 1. The third-order valence-corrected chi connectivity index (χ3v) is 8.58. The fraction of sp³-hybridized carbons (Fsp3) is 0.406. The molecule has 10 heteroatoms. The van der Waals surface area contributed by atoms with E-state index in [4.69, 9.17) is 0 Å². The Labute approximate surface area is 249 Å². The van der Waals surface area contributed by atoms with E-state index in [1.165, 1.54) is 29.0 Å². The summed E-state index contributed by atoms with van der Waals surface area (Å²) >= 11 is 1.41. The maximum absolute atomic E-state index is 13.9. The fourth-order valence-electron chi connectivity index (χ4n) is 5.22. The maximum atomic E-state index is 13.9. The van der Waals surface area contributed by atoms with Crippen molar-refractivity contribution in [1.29, 1.82) is 5.26 Å². The van der Waals surface area contributed by atoms with E-state index in [9.17, 15) is 28.7 Å². The van der Waals surface area contributed by atoms with Crippen LogP contribution < -0.4 is 16.0 Å². The molecule has 1 aliphatic carbocycles. The highest BCUT2D eigenvalue weighted by molar-refractivity contribution is 7.13. The van der Waals surface area contributed by atoms with Crippen LogP contribution >= 0.6 is 11.3 Å². The number of amides is 2. The summed E-state index contributed by atoms with van der Waals surface area (Å²) in [6.45, 7) is 2.69. The first-order chi connectivity index (χ1) is 20.2. The smallest absolute Gasteiger partial charge is 0.224 e. The van der Waals surface area contributed by atoms with Gasteiger partial charge >= 0.3 is 0 Å². The second-order valence-electron chi connectivity index (χ2n) is 10.6. The molecule has 1 aliphatic rings. The standard InChI is InChI=1S/C32H36F2N4O3S/c1-2-20-6-5-7-21(12-20)18-36-19-27(39)26(15-22-13-23(33)16-24(34)14-22)37-30(40)10-11-31(41)38-32-25-8-3-4-9-28(25)42-29(32)17-35/h5-7,12-14,16,26-27,36,39H,2-4,8-11,15,18-19H2,1H3,(H,37,40)(H,38,41). The Kier molecular flexibility index (Phi) is 11.2. The molecule has 0 bridgehead atoms. The van der Waals surface area contributed by atoms with Gasteiger partial charge < -0.3 is 21.1 Å². The van der Waals surface area contributed by atoms with Crippen LogP contribution in [0.25, 0.3) is 0 Å². The van der Waals surface area contributed by atoms with Crippen molar-refractivity contribution in [3.8, 4) is 6.07 Å². The molecule has 2 atom stereocenters. The minimum absolute atomic E-state index is 0.00659. The first kappa shape index (κ1) is 31.3. The number of aryl methyl sites for hydroxylation is 2.